The Labute approximate surface area is 129 Å². The molecule has 2 atom stereocenters. The molecule has 0 radical (unpaired) electrons. The molecule has 0 spiro atoms. The molecular formula is C20H28O. The Morgan fingerprint density at radius 1 is 1.24 bits per heavy atom. The van der Waals surface area contributed by atoms with Crippen molar-refractivity contribution < 1.29 is 4.79 Å². The molecule has 2 rings (SSSR count). The van der Waals surface area contributed by atoms with Crippen LogP contribution in [0.3, 0.4) is 0 Å². The number of carbonyl (C=O) groups is 1. The van der Waals surface area contributed by atoms with Gasteiger partial charge in [0.15, 0.2) is 5.78 Å². The third kappa shape index (κ3) is 4.84. The molecule has 0 amide bonds. The van der Waals surface area contributed by atoms with Crippen LogP contribution in [0, 0.1) is 18.8 Å². The van der Waals surface area contributed by atoms with E-state index in [0.717, 1.165) is 24.8 Å². The molecule has 1 aromatic carbocycles. The van der Waals surface area contributed by atoms with Crippen LogP contribution in [0.1, 0.15) is 67.8 Å². The van der Waals surface area contributed by atoms with Gasteiger partial charge in [0, 0.05) is 11.5 Å². The van der Waals surface area contributed by atoms with E-state index in [1.165, 1.54) is 31.2 Å². The summed E-state index contributed by atoms with van der Waals surface area (Å²) >= 11 is 0. The van der Waals surface area contributed by atoms with E-state index >= 15 is 0 Å². The van der Waals surface area contributed by atoms with Crippen LogP contribution in [0.5, 0.6) is 0 Å². The van der Waals surface area contributed by atoms with Gasteiger partial charge in [-0.05, 0) is 51.4 Å². The lowest BCUT2D eigenvalue weighted by Gasteiger charge is -2.20. The second-order valence-electron chi connectivity index (χ2n) is 6.41. The molecule has 1 aliphatic carbocycles. The lowest BCUT2D eigenvalue weighted by Crippen LogP contribution is -2.16. The molecule has 0 bridgehead atoms. The van der Waals surface area contributed by atoms with Crippen molar-refractivity contribution in [3.05, 3.63) is 47.5 Å². The van der Waals surface area contributed by atoms with Crippen molar-refractivity contribution in [3.8, 4) is 0 Å². The first-order chi connectivity index (χ1) is 10.2. The van der Waals surface area contributed by atoms with Crippen molar-refractivity contribution in [3.63, 3.8) is 0 Å². The van der Waals surface area contributed by atoms with Crippen molar-refractivity contribution in [2.45, 2.75) is 58.8 Å². The summed E-state index contributed by atoms with van der Waals surface area (Å²) in [4.78, 5) is 12.7. The van der Waals surface area contributed by atoms with Crippen LogP contribution < -0.4 is 0 Å². The minimum Gasteiger partial charge on any atom is -0.294 e. The van der Waals surface area contributed by atoms with Crippen LogP contribution >= 0.6 is 0 Å². The van der Waals surface area contributed by atoms with Gasteiger partial charge < -0.3 is 0 Å². The fourth-order valence-corrected chi connectivity index (χ4v) is 3.25. The second kappa shape index (κ2) is 8.17. The summed E-state index contributed by atoms with van der Waals surface area (Å²) in [6, 6.07) is 8.06. The predicted octanol–water partition coefficient (Wildman–Crippen LogP) is 5.73. The van der Waals surface area contributed by atoms with Crippen molar-refractivity contribution in [2.75, 3.05) is 0 Å². The van der Waals surface area contributed by atoms with Gasteiger partial charge in [-0.2, -0.15) is 0 Å². The first-order valence-electron chi connectivity index (χ1n) is 8.48. The normalized spacial score (nSPS) is 19.4. The molecule has 0 saturated heterocycles. The molecule has 1 aromatic rings. The van der Waals surface area contributed by atoms with E-state index in [2.05, 4.69) is 26.0 Å². The van der Waals surface area contributed by atoms with E-state index in [9.17, 15) is 4.79 Å². The van der Waals surface area contributed by atoms with E-state index < -0.39 is 0 Å². The smallest absolute Gasteiger partial charge is 0.165 e. The van der Waals surface area contributed by atoms with Gasteiger partial charge in [0.05, 0.1) is 0 Å². The Kier molecular flexibility index (Phi) is 6.22. The van der Waals surface area contributed by atoms with Crippen LogP contribution in [-0.4, -0.2) is 5.78 Å². The number of carbonyl (C=O) groups excluding carboxylic acids is 1. The van der Waals surface area contributed by atoms with Gasteiger partial charge in [0.2, 0.25) is 0 Å². The van der Waals surface area contributed by atoms with Gasteiger partial charge in [0.1, 0.15) is 0 Å². The van der Waals surface area contributed by atoms with Crippen molar-refractivity contribution in [1.82, 2.24) is 0 Å². The Morgan fingerprint density at radius 3 is 2.62 bits per heavy atom. The Balaban J connectivity index is 1.96. The summed E-state index contributed by atoms with van der Waals surface area (Å²) in [6.07, 6.45) is 12.8. The maximum absolute atomic E-state index is 12.7. The second-order valence-corrected chi connectivity index (χ2v) is 6.41. The highest BCUT2D eigenvalue weighted by molar-refractivity contribution is 5.97. The molecule has 21 heavy (non-hydrogen) atoms. The highest BCUT2D eigenvalue weighted by Crippen LogP contribution is 2.27. The zero-order valence-corrected chi connectivity index (χ0v) is 13.5. The molecular weight excluding hydrogens is 256 g/mol. The van der Waals surface area contributed by atoms with Crippen LogP contribution in [0.2, 0.25) is 0 Å². The van der Waals surface area contributed by atoms with E-state index in [4.69, 9.17) is 0 Å². The average Bonchev–Trinajstić information content (AvgIpc) is 2.52. The monoisotopic (exact) mass is 284 g/mol. The number of ketones is 1. The quantitative estimate of drug-likeness (QED) is 0.461. The Bertz CT molecular complexity index is 469. The summed E-state index contributed by atoms with van der Waals surface area (Å²) in [5, 5.41) is 0. The van der Waals surface area contributed by atoms with Crippen LogP contribution in [-0.2, 0) is 0 Å². The van der Waals surface area contributed by atoms with Crippen LogP contribution in [0.25, 0.3) is 0 Å². The summed E-state index contributed by atoms with van der Waals surface area (Å²) in [6.45, 7) is 4.24. The number of hydrogen-bond acceptors (Lipinski definition) is 1. The first kappa shape index (κ1) is 16.0. The van der Waals surface area contributed by atoms with E-state index in [1.54, 1.807) is 0 Å². The third-order valence-corrected chi connectivity index (χ3v) is 4.58. The molecule has 0 aliphatic heterocycles. The molecule has 1 aliphatic rings. The Morgan fingerprint density at radius 2 is 2.00 bits per heavy atom. The van der Waals surface area contributed by atoms with Crippen LogP contribution in [0.4, 0.5) is 0 Å². The number of benzene rings is 1. The molecule has 0 fully saturated rings. The number of hydrogen-bond donors (Lipinski definition) is 0. The molecule has 0 aromatic heterocycles. The van der Waals surface area contributed by atoms with E-state index in [1.807, 2.05) is 24.3 Å². The highest BCUT2D eigenvalue weighted by atomic mass is 16.1. The van der Waals surface area contributed by atoms with Gasteiger partial charge in [-0.1, -0.05) is 55.3 Å². The summed E-state index contributed by atoms with van der Waals surface area (Å²) < 4.78 is 0. The maximum atomic E-state index is 12.7. The fourth-order valence-electron chi connectivity index (χ4n) is 3.25. The maximum Gasteiger partial charge on any atom is 0.165 e. The molecule has 1 heteroatoms. The zero-order chi connectivity index (χ0) is 15.1. The van der Waals surface area contributed by atoms with Gasteiger partial charge in [-0.25, -0.2) is 0 Å². The predicted molar refractivity (Wildman–Crippen MR) is 89.6 cm³/mol. The van der Waals surface area contributed by atoms with Gasteiger partial charge >= 0.3 is 0 Å². The highest BCUT2D eigenvalue weighted by Gasteiger charge is 2.20. The topological polar surface area (TPSA) is 17.1 Å². The van der Waals surface area contributed by atoms with Gasteiger partial charge in [-0.15, -0.1) is 0 Å². The largest absolute Gasteiger partial charge is 0.294 e. The number of aryl methyl sites for hydroxylation is 1. The van der Waals surface area contributed by atoms with Crippen LogP contribution in [0.15, 0.2) is 36.4 Å². The minimum atomic E-state index is 0.202. The summed E-state index contributed by atoms with van der Waals surface area (Å²) in [7, 11) is 0. The standard InChI is InChI=1S/C20H28O/c1-3-7-18(15-12-17-8-5-4-6-9-17)20(21)19-13-10-16(2)11-14-19/h5,8,10-11,13-14,17-18H,3-4,6-7,9,12,15H2,1-2H3/t17?,18-/m1/s1. The summed E-state index contributed by atoms with van der Waals surface area (Å²) in [5.74, 6) is 1.24. The SMILES string of the molecule is CCC[C@H](CCC1C=CCCC1)C(=O)c1ccc(C)cc1. The molecule has 0 N–H and O–H groups in total. The number of allylic oxidation sites excluding steroid dienone is 2. The minimum absolute atomic E-state index is 0.202. The fraction of sp³-hybridized carbons (Fsp3) is 0.550. The number of Topliss-reactive ketones (excluding diaryl/α,β-unsaturated/α-hetero) is 1. The third-order valence-electron chi connectivity index (χ3n) is 4.58. The number of rotatable bonds is 7. The van der Waals surface area contributed by atoms with Crippen molar-refractivity contribution in [2.24, 2.45) is 11.8 Å². The van der Waals surface area contributed by atoms with Crippen molar-refractivity contribution in [1.29, 1.82) is 0 Å². The zero-order valence-electron chi connectivity index (χ0n) is 13.5. The lowest BCUT2D eigenvalue weighted by atomic mass is 9.84. The lowest BCUT2D eigenvalue weighted by molar-refractivity contribution is 0.0901. The molecule has 0 saturated carbocycles. The first-order valence-corrected chi connectivity index (χ1v) is 8.48. The van der Waals surface area contributed by atoms with Gasteiger partial charge in [0.25, 0.3) is 0 Å². The molecule has 114 valence electrons. The van der Waals surface area contributed by atoms with Gasteiger partial charge in [-0.3, -0.25) is 4.79 Å². The van der Waals surface area contributed by atoms with Crippen molar-refractivity contribution >= 4 is 5.78 Å². The average molecular weight is 284 g/mol. The molecule has 1 unspecified atom stereocenters. The molecule has 0 heterocycles. The van der Waals surface area contributed by atoms with E-state index in [0.29, 0.717) is 11.7 Å². The summed E-state index contributed by atoms with van der Waals surface area (Å²) in [5.41, 5.74) is 2.10. The van der Waals surface area contributed by atoms with E-state index in [-0.39, 0.29) is 5.92 Å². The molecule has 1 nitrogen and oxygen atoms in total. The Hall–Kier alpha value is -1.37.